The summed E-state index contributed by atoms with van der Waals surface area (Å²) in [5.74, 6) is 0.0302. The van der Waals surface area contributed by atoms with Crippen molar-refractivity contribution in [3.8, 4) is 0 Å². The van der Waals surface area contributed by atoms with Crippen LogP contribution in [-0.4, -0.2) is 37.4 Å². The number of carbonyl (C=O) groups excluding carboxylic acids is 1. The van der Waals surface area contributed by atoms with Crippen LogP contribution in [0.2, 0.25) is 0 Å². The Morgan fingerprint density at radius 3 is 2.73 bits per heavy atom. The van der Waals surface area contributed by atoms with Crippen molar-refractivity contribution in [2.75, 3.05) is 20.3 Å². The average Bonchev–Trinajstić information content (AvgIpc) is 2.20. The van der Waals surface area contributed by atoms with Crippen LogP contribution in [0.3, 0.4) is 0 Å². The van der Waals surface area contributed by atoms with Crippen molar-refractivity contribution in [3.05, 3.63) is 0 Å². The number of carbonyl (C=O) groups is 1. The Balaban J connectivity index is 3.17. The topological polar surface area (TPSA) is 58.6 Å². The summed E-state index contributed by atoms with van der Waals surface area (Å²) in [6.45, 7) is 3.20. The van der Waals surface area contributed by atoms with Crippen LogP contribution in [0.1, 0.15) is 39.0 Å². The van der Waals surface area contributed by atoms with Gasteiger partial charge in [-0.05, 0) is 32.6 Å². The highest BCUT2D eigenvalue weighted by Crippen LogP contribution is 1.97. The molecule has 0 fully saturated rings. The van der Waals surface area contributed by atoms with Crippen LogP contribution in [0.4, 0.5) is 0 Å². The van der Waals surface area contributed by atoms with Crippen molar-refractivity contribution < 1.29 is 14.6 Å². The molecule has 0 radical (unpaired) electrons. The van der Waals surface area contributed by atoms with E-state index in [0.29, 0.717) is 12.8 Å². The molecular weight excluding hydrogens is 194 g/mol. The van der Waals surface area contributed by atoms with E-state index in [2.05, 4.69) is 5.32 Å². The molecule has 0 aromatic carbocycles. The summed E-state index contributed by atoms with van der Waals surface area (Å²) in [7, 11) is 1.69. The average molecular weight is 217 g/mol. The van der Waals surface area contributed by atoms with Crippen LogP contribution in [-0.2, 0) is 9.53 Å². The second kappa shape index (κ2) is 9.93. The molecule has 1 unspecified atom stereocenters. The summed E-state index contributed by atoms with van der Waals surface area (Å²) in [5.41, 5.74) is 0. The molecule has 0 bridgehead atoms. The zero-order valence-electron chi connectivity index (χ0n) is 9.79. The van der Waals surface area contributed by atoms with Gasteiger partial charge in [-0.1, -0.05) is 0 Å². The quantitative estimate of drug-likeness (QED) is 0.568. The zero-order valence-corrected chi connectivity index (χ0v) is 9.79. The van der Waals surface area contributed by atoms with E-state index in [1.807, 2.05) is 0 Å². The molecule has 0 saturated carbocycles. The van der Waals surface area contributed by atoms with Crippen molar-refractivity contribution >= 4 is 5.91 Å². The zero-order chi connectivity index (χ0) is 11.5. The van der Waals surface area contributed by atoms with E-state index in [9.17, 15) is 4.79 Å². The lowest BCUT2D eigenvalue weighted by Gasteiger charge is -2.06. The van der Waals surface area contributed by atoms with E-state index < -0.39 is 6.10 Å². The summed E-state index contributed by atoms with van der Waals surface area (Å²) in [6, 6.07) is 0. The van der Waals surface area contributed by atoms with Crippen molar-refractivity contribution in [1.29, 1.82) is 0 Å². The third kappa shape index (κ3) is 11.3. The summed E-state index contributed by atoms with van der Waals surface area (Å²) < 4.78 is 4.92. The number of methoxy groups -OCH3 is 1. The summed E-state index contributed by atoms with van der Waals surface area (Å²) >= 11 is 0. The molecule has 0 saturated heterocycles. The minimum absolute atomic E-state index is 0.0302. The second-order valence-corrected chi connectivity index (χ2v) is 3.79. The molecule has 0 rings (SSSR count). The molecule has 0 spiro atoms. The highest BCUT2D eigenvalue weighted by atomic mass is 16.5. The molecule has 1 atom stereocenters. The first-order valence-electron chi connectivity index (χ1n) is 5.60. The van der Waals surface area contributed by atoms with E-state index >= 15 is 0 Å². The smallest absolute Gasteiger partial charge is 0.220 e. The molecule has 0 heterocycles. The van der Waals surface area contributed by atoms with Crippen LogP contribution in [0.25, 0.3) is 0 Å². The predicted octanol–water partition coefficient (Wildman–Crippen LogP) is 1.08. The fourth-order valence-corrected chi connectivity index (χ4v) is 1.20. The molecule has 90 valence electrons. The van der Waals surface area contributed by atoms with Crippen LogP contribution in [0.5, 0.6) is 0 Å². The molecule has 0 aromatic heterocycles. The molecule has 0 aliphatic rings. The number of nitrogens with one attached hydrogen (secondary N) is 1. The Kier molecular flexibility index (Phi) is 9.52. The third-order valence-electron chi connectivity index (χ3n) is 2.14. The number of aliphatic hydroxyl groups excluding tert-OH is 1. The van der Waals surface area contributed by atoms with Gasteiger partial charge in [0.25, 0.3) is 0 Å². The van der Waals surface area contributed by atoms with Crippen LogP contribution in [0, 0.1) is 0 Å². The molecule has 0 aliphatic heterocycles. The normalized spacial score (nSPS) is 12.5. The number of hydrogen-bond acceptors (Lipinski definition) is 3. The molecule has 15 heavy (non-hydrogen) atoms. The third-order valence-corrected chi connectivity index (χ3v) is 2.14. The molecule has 4 heteroatoms. The van der Waals surface area contributed by atoms with E-state index in [1.54, 1.807) is 14.0 Å². The maximum atomic E-state index is 11.2. The number of amides is 1. The van der Waals surface area contributed by atoms with Crippen LogP contribution < -0.4 is 5.32 Å². The minimum atomic E-state index is -0.391. The summed E-state index contributed by atoms with van der Waals surface area (Å²) in [4.78, 5) is 11.2. The van der Waals surface area contributed by atoms with Gasteiger partial charge in [-0.25, -0.2) is 0 Å². The maximum absolute atomic E-state index is 11.2. The van der Waals surface area contributed by atoms with Crippen molar-refractivity contribution in [2.45, 2.75) is 45.1 Å². The Morgan fingerprint density at radius 1 is 1.40 bits per heavy atom. The number of aliphatic hydroxyl groups is 1. The Morgan fingerprint density at radius 2 is 2.13 bits per heavy atom. The number of rotatable bonds is 9. The van der Waals surface area contributed by atoms with Gasteiger partial charge in [-0.2, -0.15) is 0 Å². The van der Waals surface area contributed by atoms with E-state index in [0.717, 1.165) is 32.4 Å². The lowest BCUT2D eigenvalue weighted by atomic mass is 10.2. The van der Waals surface area contributed by atoms with Gasteiger partial charge in [0.2, 0.25) is 5.91 Å². The van der Waals surface area contributed by atoms with Gasteiger partial charge in [0.05, 0.1) is 6.10 Å². The minimum Gasteiger partial charge on any atom is -0.393 e. The van der Waals surface area contributed by atoms with E-state index in [1.165, 1.54) is 0 Å². The summed E-state index contributed by atoms with van der Waals surface area (Å²) in [5, 5.41) is 11.8. The Hall–Kier alpha value is -0.610. The fourth-order valence-electron chi connectivity index (χ4n) is 1.20. The molecule has 0 aromatic rings. The molecule has 4 nitrogen and oxygen atoms in total. The van der Waals surface area contributed by atoms with Gasteiger partial charge in [0.15, 0.2) is 0 Å². The highest BCUT2D eigenvalue weighted by molar-refractivity contribution is 5.75. The maximum Gasteiger partial charge on any atom is 0.220 e. The van der Waals surface area contributed by atoms with E-state index in [4.69, 9.17) is 9.84 Å². The van der Waals surface area contributed by atoms with Crippen LogP contribution >= 0.6 is 0 Å². The molecular formula is C11H23NO3. The number of ether oxygens (including phenoxy) is 1. The molecule has 0 aliphatic carbocycles. The Bertz CT molecular complexity index is 160. The highest BCUT2D eigenvalue weighted by Gasteiger charge is 2.02. The molecule has 2 N–H and O–H groups in total. The largest absolute Gasteiger partial charge is 0.393 e. The van der Waals surface area contributed by atoms with Gasteiger partial charge in [0.1, 0.15) is 0 Å². The van der Waals surface area contributed by atoms with Gasteiger partial charge in [0, 0.05) is 26.7 Å². The number of hydrogen-bond donors (Lipinski definition) is 2. The van der Waals surface area contributed by atoms with Gasteiger partial charge >= 0.3 is 0 Å². The second-order valence-electron chi connectivity index (χ2n) is 3.79. The van der Waals surface area contributed by atoms with Crippen molar-refractivity contribution in [2.24, 2.45) is 0 Å². The van der Waals surface area contributed by atoms with Gasteiger partial charge in [-0.15, -0.1) is 0 Å². The lowest BCUT2D eigenvalue weighted by molar-refractivity contribution is -0.121. The predicted molar refractivity (Wildman–Crippen MR) is 59.7 cm³/mol. The van der Waals surface area contributed by atoms with Crippen molar-refractivity contribution in [1.82, 2.24) is 5.32 Å². The first kappa shape index (κ1) is 14.4. The standard InChI is InChI=1S/C11H23NO3/c1-10(13)6-7-11(14)12-8-4-3-5-9-15-2/h10,13H,3-9H2,1-2H3,(H,12,14). The first-order chi connectivity index (χ1) is 7.16. The number of unbranched alkanes of at least 4 members (excludes halogenated alkanes) is 2. The summed E-state index contributed by atoms with van der Waals surface area (Å²) in [6.07, 6.45) is 3.66. The SMILES string of the molecule is COCCCCCNC(=O)CCC(C)O. The van der Waals surface area contributed by atoms with Crippen molar-refractivity contribution in [3.63, 3.8) is 0 Å². The van der Waals surface area contributed by atoms with Gasteiger partial charge < -0.3 is 15.2 Å². The Labute approximate surface area is 92.0 Å². The van der Waals surface area contributed by atoms with Crippen LogP contribution in [0.15, 0.2) is 0 Å². The first-order valence-corrected chi connectivity index (χ1v) is 5.60. The lowest BCUT2D eigenvalue weighted by Crippen LogP contribution is -2.25. The monoisotopic (exact) mass is 217 g/mol. The van der Waals surface area contributed by atoms with E-state index in [-0.39, 0.29) is 5.91 Å². The van der Waals surface area contributed by atoms with Gasteiger partial charge in [-0.3, -0.25) is 4.79 Å². The fraction of sp³-hybridized carbons (Fsp3) is 0.909. The molecule has 1 amide bonds.